The second-order valence-corrected chi connectivity index (χ2v) is 3.50. The van der Waals surface area contributed by atoms with Gasteiger partial charge in [-0.2, -0.15) is 0 Å². The molecule has 0 fully saturated rings. The summed E-state index contributed by atoms with van der Waals surface area (Å²) >= 11 is 0. The lowest BCUT2D eigenvalue weighted by molar-refractivity contribution is -0.131. The molecule has 0 heterocycles. The van der Waals surface area contributed by atoms with Gasteiger partial charge in [0.2, 0.25) is 5.91 Å². The average molecular weight is 211 g/mol. The van der Waals surface area contributed by atoms with Crippen LogP contribution in [0, 0.1) is 11.8 Å². The van der Waals surface area contributed by atoms with Crippen molar-refractivity contribution in [3.05, 3.63) is 24.4 Å². The van der Waals surface area contributed by atoms with Crippen molar-refractivity contribution < 1.29 is 14.7 Å². The molecule has 0 spiro atoms. The Hall–Kier alpha value is -1.58. The monoisotopic (exact) mass is 211 g/mol. The van der Waals surface area contributed by atoms with Crippen LogP contribution in [-0.4, -0.2) is 17.0 Å². The standard InChI is InChI=1S/C11H17NO3/c1-5-7(2)8(3)10(6-11(14)15)12-9(4)13/h5-8H,1H2,2-4H3,(H,12,13)(H,14,15)/b10-6-/t7-,8+/m0/s1. The summed E-state index contributed by atoms with van der Waals surface area (Å²) in [5.74, 6) is -1.32. The van der Waals surface area contributed by atoms with E-state index in [2.05, 4.69) is 11.9 Å². The molecular formula is C11H17NO3. The van der Waals surface area contributed by atoms with Gasteiger partial charge in [-0.3, -0.25) is 4.79 Å². The fourth-order valence-electron chi connectivity index (χ4n) is 1.11. The summed E-state index contributed by atoms with van der Waals surface area (Å²) in [4.78, 5) is 21.4. The van der Waals surface area contributed by atoms with E-state index < -0.39 is 5.97 Å². The van der Waals surface area contributed by atoms with Gasteiger partial charge in [0.1, 0.15) is 0 Å². The van der Waals surface area contributed by atoms with Crippen LogP contribution in [0.3, 0.4) is 0 Å². The number of carbonyl (C=O) groups is 2. The van der Waals surface area contributed by atoms with Crippen molar-refractivity contribution >= 4 is 11.9 Å². The van der Waals surface area contributed by atoms with Gasteiger partial charge in [-0.05, 0) is 5.92 Å². The Morgan fingerprint density at radius 2 is 1.93 bits per heavy atom. The van der Waals surface area contributed by atoms with Crippen molar-refractivity contribution in [3.63, 3.8) is 0 Å². The molecule has 0 aromatic rings. The summed E-state index contributed by atoms with van der Waals surface area (Å²) in [6.07, 6.45) is 2.74. The zero-order valence-electron chi connectivity index (χ0n) is 9.28. The molecule has 0 rings (SSSR count). The van der Waals surface area contributed by atoms with Gasteiger partial charge in [-0.15, -0.1) is 6.58 Å². The Labute approximate surface area is 89.7 Å². The maximum absolute atomic E-state index is 10.9. The largest absolute Gasteiger partial charge is 0.478 e. The van der Waals surface area contributed by atoms with Crippen LogP contribution in [-0.2, 0) is 9.59 Å². The molecule has 0 aliphatic rings. The predicted octanol–water partition coefficient (Wildman–Crippen LogP) is 1.55. The number of carbonyl (C=O) groups excluding carboxylic acids is 1. The quantitative estimate of drug-likeness (QED) is 0.535. The van der Waals surface area contributed by atoms with E-state index in [0.29, 0.717) is 5.70 Å². The van der Waals surface area contributed by atoms with Gasteiger partial charge in [0.15, 0.2) is 0 Å². The lowest BCUT2D eigenvalue weighted by Gasteiger charge is -2.19. The van der Waals surface area contributed by atoms with Crippen LogP contribution >= 0.6 is 0 Å². The SMILES string of the molecule is C=C[C@H](C)[C@@H](C)/C(=C/C(=O)O)NC(C)=O. The van der Waals surface area contributed by atoms with Crippen LogP contribution in [0.5, 0.6) is 0 Å². The molecule has 2 atom stereocenters. The normalized spacial score (nSPS) is 15.3. The minimum Gasteiger partial charge on any atom is -0.478 e. The average Bonchev–Trinajstić information content (AvgIpc) is 2.13. The van der Waals surface area contributed by atoms with E-state index in [-0.39, 0.29) is 17.7 Å². The number of carboxylic acids is 1. The van der Waals surface area contributed by atoms with Crippen molar-refractivity contribution in [2.24, 2.45) is 11.8 Å². The smallest absolute Gasteiger partial charge is 0.330 e. The van der Waals surface area contributed by atoms with Crippen LogP contribution in [0.1, 0.15) is 20.8 Å². The van der Waals surface area contributed by atoms with E-state index in [1.54, 1.807) is 6.08 Å². The third-order valence-corrected chi connectivity index (χ3v) is 2.25. The van der Waals surface area contributed by atoms with E-state index in [4.69, 9.17) is 5.11 Å². The van der Waals surface area contributed by atoms with E-state index in [0.717, 1.165) is 6.08 Å². The van der Waals surface area contributed by atoms with Crippen molar-refractivity contribution in [2.75, 3.05) is 0 Å². The Kier molecular flexibility index (Phi) is 5.37. The molecule has 0 aliphatic heterocycles. The highest BCUT2D eigenvalue weighted by Gasteiger charge is 2.16. The number of amides is 1. The van der Waals surface area contributed by atoms with Gasteiger partial charge in [0, 0.05) is 24.6 Å². The summed E-state index contributed by atoms with van der Waals surface area (Å²) < 4.78 is 0. The van der Waals surface area contributed by atoms with Crippen LogP contribution in [0.2, 0.25) is 0 Å². The highest BCUT2D eigenvalue weighted by atomic mass is 16.4. The summed E-state index contributed by atoms with van der Waals surface area (Å²) in [6.45, 7) is 8.74. The molecule has 4 nitrogen and oxygen atoms in total. The number of allylic oxidation sites excluding steroid dienone is 2. The molecule has 4 heteroatoms. The maximum atomic E-state index is 10.9. The molecule has 0 saturated heterocycles. The highest BCUT2D eigenvalue weighted by Crippen LogP contribution is 2.18. The highest BCUT2D eigenvalue weighted by molar-refractivity contribution is 5.83. The summed E-state index contributed by atoms with van der Waals surface area (Å²) in [7, 11) is 0. The Balaban J connectivity index is 4.84. The second kappa shape index (κ2) is 6.01. The molecule has 0 aromatic carbocycles. The van der Waals surface area contributed by atoms with Crippen LogP contribution < -0.4 is 5.32 Å². The van der Waals surface area contributed by atoms with Crippen molar-refractivity contribution in [2.45, 2.75) is 20.8 Å². The number of aliphatic carboxylic acids is 1. The van der Waals surface area contributed by atoms with Gasteiger partial charge in [0.25, 0.3) is 0 Å². The van der Waals surface area contributed by atoms with E-state index >= 15 is 0 Å². The molecule has 84 valence electrons. The number of hydrogen-bond acceptors (Lipinski definition) is 2. The first-order valence-electron chi connectivity index (χ1n) is 4.73. The summed E-state index contributed by atoms with van der Waals surface area (Å²) in [6, 6.07) is 0. The number of nitrogens with one attached hydrogen (secondary N) is 1. The molecule has 0 bridgehead atoms. The third-order valence-electron chi connectivity index (χ3n) is 2.25. The third kappa shape index (κ3) is 5.00. The molecule has 0 radical (unpaired) electrons. The zero-order valence-corrected chi connectivity index (χ0v) is 9.28. The molecule has 0 saturated carbocycles. The minimum absolute atomic E-state index is 0.0810. The van der Waals surface area contributed by atoms with Crippen molar-refractivity contribution in [1.29, 1.82) is 0 Å². The Morgan fingerprint density at radius 1 is 1.40 bits per heavy atom. The van der Waals surface area contributed by atoms with Gasteiger partial charge in [0.05, 0.1) is 0 Å². The number of rotatable bonds is 5. The van der Waals surface area contributed by atoms with Crippen molar-refractivity contribution in [3.8, 4) is 0 Å². The Bertz CT molecular complexity index is 294. The van der Waals surface area contributed by atoms with Crippen molar-refractivity contribution in [1.82, 2.24) is 5.32 Å². The first-order chi connectivity index (χ1) is 6.88. The van der Waals surface area contributed by atoms with Crippen LogP contribution in [0.25, 0.3) is 0 Å². The fraction of sp³-hybridized carbons (Fsp3) is 0.455. The lowest BCUT2D eigenvalue weighted by atomic mass is 9.92. The number of carboxylic acid groups (broad SMARTS) is 1. The van der Waals surface area contributed by atoms with Gasteiger partial charge >= 0.3 is 5.97 Å². The van der Waals surface area contributed by atoms with Gasteiger partial charge < -0.3 is 10.4 Å². The summed E-state index contributed by atoms with van der Waals surface area (Å²) in [5.41, 5.74) is 0.405. The first-order valence-corrected chi connectivity index (χ1v) is 4.73. The molecule has 0 aliphatic carbocycles. The van der Waals surface area contributed by atoms with E-state index in [1.165, 1.54) is 6.92 Å². The molecule has 0 aromatic heterocycles. The van der Waals surface area contributed by atoms with E-state index in [9.17, 15) is 9.59 Å². The molecular weight excluding hydrogens is 194 g/mol. The fourth-order valence-corrected chi connectivity index (χ4v) is 1.11. The molecule has 15 heavy (non-hydrogen) atoms. The zero-order chi connectivity index (χ0) is 12.0. The molecule has 2 N–H and O–H groups in total. The Morgan fingerprint density at radius 3 is 2.27 bits per heavy atom. The van der Waals surface area contributed by atoms with Gasteiger partial charge in [-0.25, -0.2) is 4.79 Å². The van der Waals surface area contributed by atoms with E-state index in [1.807, 2.05) is 13.8 Å². The first kappa shape index (κ1) is 13.4. The second-order valence-electron chi connectivity index (χ2n) is 3.50. The van der Waals surface area contributed by atoms with Crippen LogP contribution in [0.15, 0.2) is 24.4 Å². The maximum Gasteiger partial charge on any atom is 0.330 e. The molecule has 0 unspecified atom stereocenters. The van der Waals surface area contributed by atoms with Gasteiger partial charge in [-0.1, -0.05) is 19.9 Å². The summed E-state index contributed by atoms with van der Waals surface area (Å²) in [5, 5.41) is 11.2. The topological polar surface area (TPSA) is 66.4 Å². The molecule has 1 amide bonds. The van der Waals surface area contributed by atoms with Crippen LogP contribution in [0.4, 0.5) is 0 Å². The lowest BCUT2D eigenvalue weighted by Crippen LogP contribution is -2.27. The predicted molar refractivity (Wildman–Crippen MR) is 58.1 cm³/mol. The number of hydrogen-bond donors (Lipinski definition) is 2. The minimum atomic E-state index is -1.07.